The predicted molar refractivity (Wildman–Crippen MR) is 118 cm³/mol. The van der Waals surface area contributed by atoms with Crippen molar-refractivity contribution in [3.8, 4) is 0 Å². The molecule has 150 valence electrons. The number of hydrogen-bond acceptors (Lipinski definition) is 4. The molecule has 4 nitrogen and oxygen atoms in total. The molecule has 0 saturated heterocycles. The highest BCUT2D eigenvalue weighted by molar-refractivity contribution is 8.05. The van der Waals surface area contributed by atoms with E-state index in [1.54, 1.807) is 18.2 Å². The van der Waals surface area contributed by atoms with E-state index in [4.69, 9.17) is 0 Å². The zero-order valence-corrected chi connectivity index (χ0v) is 18.0. The molecule has 0 radical (unpaired) electrons. The highest BCUT2D eigenvalue weighted by Crippen LogP contribution is 2.59. The summed E-state index contributed by atoms with van der Waals surface area (Å²) in [6.45, 7) is 3.83. The summed E-state index contributed by atoms with van der Waals surface area (Å²) < 4.78 is 54.9. The van der Waals surface area contributed by atoms with Crippen molar-refractivity contribution in [2.24, 2.45) is 0 Å². The van der Waals surface area contributed by atoms with E-state index in [9.17, 15) is 16.8 Å². The van der Waals surface area contributed by atoms with Crippen molar-refractivity contribution >= 4 is 41.4 Å². The molecule has 0 spiro atoms. The molecule has 2 aliphatic heterocycles. The van der Waals surface area contributed by atoms with Gasteiger partial charge in [0.05, 0.1) is 20.0 Å². The standard InChI is InChI=1S/C24H18O4S2/c1-13-3-5-15-8-10-20-21(18(15)11-13)24-23(29(20,25)26)17-9-7-16-6-4-14(2)12-19(16)22(17)30(24,27)28/h3-12,20-21H,1-2H3. The number of benzene rings is 3. The van der Waals surface area contributed by atoms with Crippen LogP contribution in [0.1, 0.15) is 33.7 Å². The van der Waals surface area contributed by atoms with Gasteiger partial charge in [0.2, 0.25) is 9.84 Å². The zero-order chi connectivity index (χ0) is 21.0. The van der Waals surface area contributed by atoms with Crippen molar-refractivity contribution < 1.29 is 16.8 Å². The molecule has 6 rings (SSSR count). The van der Waals surface area contributed by atoms with Crippen molar-refractivity contribution in [3.05, 3.63) is 87.3 Å². The summed E-state index contributed by atoms with van der Waals surface area (Å²) in [5.74, 6) is -0.706. The Morgan fingerprint density at radius 2 is 1.53 bits per heavy atom. The largest absolute Gasteiger partial charge is 0.223 e. The Bertz CT molecular complexity index is 1590. The summed E-state index contributed by atoms with van der Waals surface area (Å²) in [6, 6.07) is 14.9. The van der Waals surface area contributed by atoms with Gasteiger partial charge >= 0.3 is 0 Å². The van der Waals surface area contributed by atoms with Crippen molar-refractivity contribution in [1.29, 1.82) is 0 Å². The van der Waals surface area contributed by atoms with Crippen molar-refractivity contribution in [2.75, 3.05) is 0 Å². The lowest BCUT2D eigenvalue weighted by molar-refractivity contribution is 0.592. The first-order valence-corrected chi connectivity index (χ1v) is 12.8. The van der Waals surface area contributed by atoms with Crippen LogP contribution in [0.15, 0.2) is 64.4 Å². The summed E-state index contributed by atoms with van der Waals surface area (Å²) in [5.41, 5.74) is 3.87. The van der Waals surface area contributed by atoms with E-state index in [-0.39, 0.29) is 14.7 Å². The third-order valence-corrected chi connectivity index (χ3v) is 10.7. The van der Waals surface area contributed by atoms with E-state index < -0.39 is 30.8 Å². The van der Waals surface area contributed by atoms with Gasteiger partial charge in [-0.25, -0.2) is 16.8 Å². The summed E-state index contributed by atoms with van der Waals surface area (Å²) in [7, 11) is -7.79. The molecule has 0 fully saturated rings. The maximum Gasteiger partial charge on any atom is 0.206 e. The van der Waals surface area contributed by atoms with E-state index in [0.29, 0.717) is 10.9 Å². The molecule has 0 aromatic heterocycles. The Balaban J connectivity index is 1.74. The lowest BCUT2D eigenvalue weighted by Crippen LogP contribution is -2.26. The SMILES string of the molecule is Cc1ccc2c(c1)C1C3=C(c4ccc5ccc(C)cc5c4S3(=O)=O)S(=O)(=O)C1C=C2. The Kier molecular flexibility index (Phi) is 3.32. The van der Waals surface area contributed by atoms with E-state index in [0.717, 1.165) is 27.6 Å². The molecule has 3 aromatic carbocycles. The summed E-state index contributed by atoms with van der Waals surface area (Å²) >= 11 is 0. The second-order valence-electron chi connectivity index (χ2n) is 8.34. The molecule has 2 heterocycles. The molecule has 2 atom stereocenters. The van der Waals surface area contributed by atoms with E-state index in [1.807, 2.05) is 56.3 Å². The Hall–Kier alpha value is -2.70. The first kappa shape index (κ1) is 18.1. The highest BCUT2D eigenvalue weighted by Gasteiger charge is 2.57. The van der Waals surface area contributed by atoms with Gasteiger partial charge in [-0.2, -0.15) is 0 Å². The average molecular weight is 435 g/mol. The van der Waals surface area contributed by atoms with Crippen LogP contribution in [0.3, 0.4) is 0 Å². The number of hydrogen-bond donors (Lipinski definition) is 0. The third kappa shape index (κ3) is 2.05. The lowest BCUT2D eigenvalue weighted by Gasteiger charge is -2.26. The van der Waals surface area contributed by atoms with Gasteiger partial charge in [0.1, 0.15) is 0 Å². The molecular weight excluding hydrogens is 416 g/mol. The molecule has 3 aliphatic rings. The van der Waals surface area contributed by atoms with Gasteiger partial charge in [-0.3, -0.25) is 0 Å². The molecule has 30 heavy (non-hydrogen) atoms. The monoisotopic (exact) mass is 434 g/mol. The zero-order valence-electron chi connectivity index (χ0n) is 16.4. The molecule has 6 heteroatoms. The quantitative estimate of drug-likeness (QED) is 0.522. The Morgan fingerprint density at radius 1 is 0.833 bits per heavy atom. The maximum absolute atomic E-state index is 13.9. The number of allylic oxidation sites excluding steroid dienone is 1. The Morgan fingerprint density at radius 3 is 2.33 bits per heavy atom. The highest BCUT2D eigenvalue weighted by atomic mass is 32.2. The molecule has 0 N–H and O–H groups in total. The van der Waals surface area contributed by atoms with Crippen LogP contribution >= 0.6 is 0 Å². The predicted octanol–water partition coefficient (Wildman–Crippen LogP) is 4.52. The van der Waals surface area contributed by atoms with Gasteiger partial charge in [0.25, 0.3) is 0 Å². The fraction of sp³-hybridized carbons (Fsp3) is 0.167. The van der Waals surface area contributed by atoms with E-state index in [2.05, 4.69) is 0 Å². The fourth-order valence-electron chi connectivity index (χ4n) is 5.15. The molecule has 1 aliphatic carbocycles. The van der Waals surface area contributed by atoms with Crippen molar-refractivity contribution in [2.45, 2.75) is 29.9 Å². The van der Waals surface area contributed by atoms with Gasteiger partial charge in [-0.15, -0.1) is 0 Å². The van der Waals surface area contributed by atoms with Gasteiger partial charge in [-0.05, 0) is 30.4 Å². The number of fused-ring (bicyclic) bond motifs is 8. The summed E-state index contributed by atoms with van der Waals surface area (Å²) in [6.07, 6.45) is 3.45. The number of aryl methyl sites for hydroxylation is 2. The molecule has 0 amide bonds. The lowest BCUT2D eigenvalue weighted by atomic mass is 9.85. The minimum atomic E-state index is -3.96. The molecule has 0 saturated carbocycles. The smallest absolute Gasteiger partial charge is 0.206 e. The summed E-state index contributed by atoms with van der Waals surface area (Å²) in [4.78, 5) is 0.182. The topological polar surface area (TPSA) is 68.3 Å². The first-order chi connectivity index (χ1) is 14.2. The molecular formula is C24H18O4S2. The molecule has 3 aromatic rings. The van der Waals surface area contributed by atoms with Gasteiger partial charge in [0.15, 0.2) is 9.84 Å². The molecule has 2 unspecified atom stereocenters. The van der Waals surface area contributed by atoms with E-state index >= 15 is 0 Å². The summed E-state index contributed by atoms with van der Waals surface area (Å²) in [5, 5.41) is 0.496. The second-order valence-corrected chi connectivity index (χ2v) is 12.2. The maximum atomic E-state index is 13.9. The average Bonchev–Trinajstić information content (AvgIpc) is 3.09. The van der Waals surface area contributed by atoms with E-state index in [1.165, 1.54) is 0 Å². The minimum absolute atomic E-state index is 0.00471. The third-order valence-electron chi connectivity index (χ3n) is 6.45. The van der Waals surface area contributed by atoms with Crippen LogP contribution in [0, 0.1) is 13.8 Å². The first-order valence-electron chi connectivity index (χ1n) is 9.77. The number of sulfone groups is 2. The van der Waals surface area contributed by atoms with Crippen LogP contribution in [0.25, 0.3) is 21.8 Å². The minimum Gasteiger partial charge on any atom is -0.223 e. The second kappa shape index (κ2) is 5.50. The normalized spacial score (nSPS) is 24.5. The fourth-order valence-corrected chi connectivity index (χ4v) is 10.2. The van der Waals surface area contributed by atoms with Crippen molar-refractivity contribution in [3.63, 3.8) is 0 Å². The number of rotatable bonds is 0. The van der Waals surface area contributed by atoms with Crippen LogP contribution in [-0.2, 0) is 19.7 Å². The molecule has 0 bridgehead atoms. The Labute approximate surface area is 175 Å². The van der Waals surface area contributed by atoms with Crippen LogP contribution in [0.5, 0.6) is 0 Å². The van der Waals surface area contributed by atoms with Crippen LogP contribution in [0.4, 0.5) is 0 Å². The van der Waals surface area contributed by atoms with Crippen LogP contribution in [-0.4, -0.2) is 22.1 Å². The van der Waals surface area contributed by atoms with Gasteiger partial charge in [0, 0.05) is 16.9 Å². The van der Waals surface area contributed by atoms with Crippen molar-refractivity contribution in [1.82, 2.24) is 0 Å². The van der Waals surface area contributed by atoms with Crippen LogP contribution in [0.2, 0.25) is 0 Å². The van der Waals surface area contributed by atoms with Gasteiger partial charge < -0.3 is 0 Å². The van der Waals surface area contributed by atoms with Gasteiger partial charge in [-0.1, -0.05) is 71.8 Å². The van der Waals surface area contributed by atoms with Crippen LogP contribution < -0.4 is 0 Å².